The molecule has 0 bridgehead atoms. The Labute approximate surface area is 169 Å². The third-order valence-electron chi connectivity index (χ3n) is 4.50. The lowest BCUT2D eigenvalue weighted by atomic mass is 10.2. The van der Waals surface area contributed by atoms with E-state index >= 15 is 0 Å². The van der Waals surface area contributed by atoms with Crippen LogP contribution in [0, 0.1) is 0 Å². The van der Waals surface area contributed by atoms with Crippen LogP contribution in [0.2, 0.25) is 0 Å². The Morgan fingerprint density at radius 1 is 1.25 bits per heavy atom. The van der Waals surface area contributed by atoms with Crippen molar-refractivity contribution in [1.82, 2.24) is 9.55 Å². The number of thioether (sulfide) groups is 2. The number of halogens is 2. The van der Waals surface area contributed by atoms with E-state index in [1.54, 1.807) is 22.8 Å². The summed E-state index contributed by atoms with van der Waals surface area (Å²) in [7, 11) is 1.47. The van der Waals surface area contributed by atoms with Crippen molar-refractivity contribution in [3.05, 3.63) is 58.4 Å². The predicted octanol–water partition coefficient (Wildman–Crippen LogP) is 5.35. The lowest BCUT2D eigenvalue weighted by Crippen LogP contribution is -2.22. The van der Waals surface area contributed by atoms with Crippen molar-refractivity contribution in [3.8, 4) is 5.75 Å². The van der Waals surface area contributed by atoms with E-state index in [-0.39, 0.29) is 11.6 Å². The molecule has 2 aromatic carbocycles. The largest absolute Gasteiger partial charge is 0.496 e. The highest BCUT2D eigenvalue weighted by molar-refractivity contribution is 7.99. The number of aromatic nitrogens is 2. The maximum absolute atomic E-state index is 12.9. The first kappa shape index (κ1) is 19.3. The van der Waals surface area contributed by atoms with Gasteiger partial charge in [0.1, 0.15) is 5.75 Å². The van der Waals surface area contributed by atoms with Crippen LogP contribution in [0.1, 0.15) is 24.4 Å². The van der Waals surface area contributed by atoms with Gasteiger partial charge in [0.15, 0.2) is 5.16 Å². The maximum atomic E-state index is 12.9. The highest BCUT2D eigenvalue weighted by atomic mass is 32.2. The van der Waals surface area contributed by atoms with E-state index in [0.29, 0.717) is 44.2 Å². The molecule has 1 aromatic heterocycles. The van der Waals surface area contributed by atoms with Crippen molar-refractivity contribution < 1.29 is 13.5 Å². The molecule has 4 nitrogen and oxygen atoms in total. The van der Waals surface area contributed by atoms with Gasteiger partial charge in [-0.15, -0.1) is 0 Å². The van der Waals surface area contributed by atoms with Crippen molar-refractivity contribution in [1.29, 1.82) is 0 Å². The molecule has 0 aliphatic heterocycles. The predicted molar refractivity (Wildman–Crippen MR) is 109 cm³/mol. The third-order valence-corrected chi connectivity index (χ3v) is 6.29. The lowest BCUT2D eigenvalue weighted by molar-refractivity contribution is 0.251. The highest BCUT2D eigenvalue weighted by Crippen LogP contribution is 2.38. The van der Waals surface area contributed by atoms with E-state index in [1.165, 1.54) is 18.9 Å². The molecular weight excluding hydrogens is 402 g/mol. The summed E-state index contributed by atoms with van der Waals surface area (Å²) in [5.41, 5.74) is 1.61. The van der Waals surface area contributed by atoms with Gasteiger partial charge < -0.3 is 4.74 Å². The monoisotopic (exact) mass is 420 g/mol. The Kier molecular flexibility index (Phi) is 5.59. The van der Waals surface area contributed by atoms with Crippen LogP contribution in [0.15, 0.2) is 57.3 Å². The van der Waals surface area contributed by atoms with Crippen LogP contribution in [-0.4, -0.2) is 22.4 Å². The van der Waals surface area contributed by atoms with Crippen LogP contribution in [0.3, 0.4) is 0 Å². The van der Waals surface area contributed by atoms with Crippen LogP contribution in [0.5, 0.6) is 5.75 Å². The third kappa shape index (κ3) is 4.03. The van der Waals surface area contributed by atoms with E-state index in [1.807, 2.05) is 24.3 Å². The average molecular weight is 421 g/mol. The molecule has 28 heavy (non-hydrogen) atoms. The molecule has 1 heterocycles. The van der Waals surface area contributed by atoms with Gasteiger partial charge in [-0.25, -0.2) is 4.98 Å². The second kappa shape index (κ2) is 8.13. The van der Waals surface area contributed by atoms with E-state index in [4.69, 9.17) is 9.72 Å². The molecular formula is C20H18F2N2O2S2. The summed E-state index contributed by atoms with van der Waals surface area (Å²) in [6.07, 6.45) is 1.97. The Bertz CT molecular complexity index is 1070. The summed E-state index contributed by atoms with van der Waals surface area (Å²) in [4.78, 5) is 18.0. The number of para-hydroxylation sites is 1. The fourth-order valence-corrected chi connectivity index (χ4v) is 4.63. The van der Waals surface area contributed by atoms with E-state index < -0.39 is 5.76 Å². The van der Waals surface area contributed by atoms with Gasteiger partial charge in [-0.3, -0.25) is 9.36 Å². The molecule has 0 amide bonds. The second-order valence-electron chi connectivity index (χ2n) is 6.47. The number of rotatable bonds is 7. The number of hydrogen-bond acceptors (Lipinski definition) is 5. The molecule has 1 saturated carbocycles. The molecule has 1 fully saturated rings. The van der Waals surface area contributed by atoms with Crippen molar-refractivity contribution in [3.63, 3.8) is 0 Å². The SMILES string of the molecule is COc1cc(CSc2nc3ccccc3c(=O)n2C2CC2)ccc1SC(F)F. The summed E-state index contributed by atoms with van der Waals surface area (Å²) in [5, 5.41) is 1.32. The molecule has 4 rings (SSSR count). The first-order chi connectivity index (χ1) is 13.6. The smallest absolute Gasteiger partial charge is 0.289 e. The number of hydrogen-bond donors (Lipinski definition) is 0. The van der Waals surface area contributed by atoms with Gasteiger partial charge in [0, 0.05) is 11.8 Å². The number of fused-ring (bicyclic) bond motifs is 1. The minimum atomic E-state index is -2.50. The van der Waals surface area contributed by atoms with Crippen molar-refractivity contribution in [2.45, 2.75) is 40.4 Å². The van der Waals surface area contributed by atoms with Crippen molar-refractivity contribution in [2.75, 3.05) is 7.11 Å². The Morgan fingerprint density at radius 2 is 2.04 bits per heavy atom. The Morgan fingerprint density at radius 3 is 2.75 bits per heavy atom. The first-order valence-corrected chi connectivity index (χ1v) is 10.7. The van der Waals surface area contributed by atoms with Gasteiger partial charge in [0.25, 0.3) is 11.3 Å². The van der Waals surface area contributed by atoms with Gasteiger partial charge >= 0.3 is 0 Å². The van der Waals surface area contributed by atoms with Crippen LogP contribution in [0.4, 0.5) is 8.78 Å². The Balaban J connectivity index is 1.62. The van der Waals surface area contributed by atoms with E-state index in [0.717, 1.165) is 18.4 Å². The fraction of sp³-hybridized carbons (Fsp3) is 0.300. The van der Waals surface area contributed by atoms with Gasteiger partial charge in [0.2, 0.25) is 0 Å². The fourth-order valence-electron chi connectivity index (χ4n) is 3.03. The minimum absolute atomic E-state index is 0.00291. The molecule has 0 saturated heterocycles. The second-order valence-corrected chi connectivity index (χ2v) is 8.44. The molecule has 0 unspecified atom stereocenters. The highest BCUT2D eigenvalue weighted by Gasteiger charge is 2.28. The summed E-state index contributed by atoms with van der Waals surface area (Å²) >= 11 is 1.95. The van der Waals surface area contributed by atoms with Gasteiger partial charge in [-0.2, -0.15) is 8.78 Å². The number of alkyl halides is 2. The quantitative estimate of drug-likeness (QED) is 0.381. The molecule has 1 aliphatic carbocycles. The molecule has 0 spiro atoms. The van der Waals surface area contributed by atoms with Gasteiger partial charge in [-0.1, -0.05) is 41.7 Å². The zero-order valence-corrected chi connectivity index (χ0v) is 16.7. The molecule has 0 atom stereocenters. The van der Waals surface area contributed by atoms with E-state index in [9.17, 15) is 13.6 Å². The summed E-state index contributed by atoms with van der Waals surface area (Å²) in [5.74, 6) is -1.51. The first-order valence-electron chi connectivity index (χ1n) is 8.82. The van der Waals surface area contributed by atoms with Gasteiger partial charge in [0.05, 0.1) is 22.9 Å². The maximum Gasteiger partial charge on any atom is 0.289 e. The normalized spacial score (nSPS) is 14.0. The zero-order chi connectivity index (χ0) is 19.7. The van der Waals surface area contributed by atoms with Crippen LogP contribution in [0.25, 0.3) is 10.9 Å². The molecule has 0 N–H and O–H groups in total. The number of benzene rings is 2. The van der Waals surface area contributed by atoms with Gasteiger partial charge in [-0.05, 0) is 42.7 Å². The average Bonchev–Trinajstić information content (AvgIpc) is 3.52. The summed E-state index contributed by atoms with van der Waals surface area (Å²) in [6, 6.07) is 12.8. The summed E-state index contributed by atoms with van der Waals surface area (Å²) < 4.78 is 32.4. The molecule has 1 aliphatic rings. The standard InChI is InChI=1S/C20H18F2N2O2S2/c1-26-16-10-12(6-9-17(16)28-19(21)22)11-27-20-23-15-5-3-2-4-14(15)18(25)24(20)13-7-8-13/h2-6,9-10,13,19H,7-8,11H2,1H3. The molecule has 146 valence electrons. The number of ether oxygens (including phenoxy) is 1. The minimum Gasteiger partial charge on any atom is -0.496 e. The Hall–Kier alpha value is -2.06. The summed E-state index contributed by atoms with van der Waals surface area (Å²) in [6.45, 7) is 0. The van der Waals surface area contributed by atoms with Crippen LogP contribution >= 0.6 is 23.5 Å². The van der Waals surface area contributed by atoms with E-state index in [2.05, 4.69) is 0 Å². The molecule has 3 aromatic rings. The van der Waals surface area contributed by atoms with Crippen LogP contribution < -0.4 is 10.3 Å². The van der Waals surface area contributed by atoms with Crippen molar-refractivity contribution >= 4 is 34.4 Å². The number of nitrogens with zero attached hydrogens (tertiary/aromatic N) is 2. The number of methoxy groups -OCH3 is 1. The lowest BCUT2D eigenvalue weighted by Gasteiger charge is -2.13. The topological polar surface area (TPSA) is 44.1 Å². The zero-order valence-electron chi connectivity index (χ0n) is 15.1. The molecule has 0 radical (unpaired) electrons. The van der Waals surface area contributed by atoms with Crippen LogP contribution in [-0.2, 0) is 5.75 Å². The van der Waals surface area contributed by atoms with Crippen molar-refractivity contribution in [2.24, 2.45) is 0 Å². The molecule has 8 heteroatoms.